The molecule has 0 radical (unpaired) electrons. The van der Waals surface area contributed by atoms with Gasteiger partial charge in [-0.05, 0) is 30.2 Å². The van der Waals surface area contributed by atoms with Gasteiger partial charge in [0.2, 0.25) is 0 Å². The number of methoxy groups -OCH3 is 1. The highest BCUT2D eigenvalue weighted by atomic mass is 16.5. The van der Waals surface area contributed by atoms with Gasteiger partial charge in [0.15, 0.2) is 5.54 Å². The molecule has 0 spiro atoms. The summed E-state index contributed by atoms with van der Waals surface area (Å²) in [5.41, 5.74) is 1.78. The zero-order valence-corrected chi connectivity index (χ0v) is 15.0. The number of nitrogens with zero attached hydrogens (tertiary/aromatic N) is 1. The highest BCUT2D eigenvalue weighted by Gasteiger charge is 2.50. The second-order valence-corrected chi connectivity index (χ2v) is 6.86. The molecular weight excluding hydrogens is 346 g/mol. The molecule has 4 amide bonds. The number of nitrogens with one attached hydrogen (secondary N) is 2. The molecule has 4 rings (SSSR count). The van der Waals surface area contributed by atoms with E-state index in [1.165, 1.54) is 0 Å². The van der Waals surface area contributed by atoms with Crippen molar-refractivity contribution in [2.45, 2.75) is 19.0 Å². The number of urea groups is 1. The maximum absolute atomic E-state index is 12.9. The monoisotopic (exact) mass is 365 g/mol. The number of imide groups is 1. The number of fused-ring (bicyclic) bond motifs is 1. The van der Waals surface area contributed by atoms with Gasteiger partial charge in [0.05, 0.1) is 13.7 Å². The van der Waals surface area contributed by atoms with Crippen molar-refractivity contribution in [1.82, 2.24) is 15.5 Å². The molecule has 2 aliphatic rings. The molecule has 0 unspecified atom stereocenters. The smallest absolute Gasteiger partial charge is 0.322 e. The molecule has 1 atom stereocenters. The first kappa shape index (κ1) is 17.1. The van der Waals surface area contributed by atoms with Crippen LogP contribution in [-0.4, -0.2) is 36.4 Å². The molecule has 1 saturated heterocycles. The first-order valence-corrected chi connectivity index (χ1v) is 8.60. The van der Waals surface area contributed by atoms with Crippen molar-refractivity contribution in [2.75, 3.05) is 13.7 Å². The average Bonchev–Trinajstić information content (AvgIpc) is 3.12. The van der Waals surface area contributed by atoms with E-state index in [2.05, 4.69) is 10.6 Å². The molecule has 2 aromatic rings. The Labute approximate surface area is 156 Å². The Hall–Kier alpha value is -3.35. The molecule has 0 saturated carbocycles. The van der Waals surface area contributed by atoms with Crippen LogP contribution in [0.25, 0.3) is 0 Å². The van der Waals surface area contributed by atoms with E-state index < -0.39 is 17.5 Å². The fourth-order valence-electron chi connectivity index (χ4n) is 3.62. The number of rotatable bonds is 4. The quantitative estimate of drug-likeness (QED) is 0.808. The average molecular weight is 365 g/mol. The molecule has 138 valence electrons. The molecule has 7 nitrogen and oxygen atoms in total. The van der Waals surface area contributed by atoms with Crippen molar-refractivity contribution in [1.29, 1.82) is 0 Å². The van der Waals surface area contributed by atoms with Crippen molar-refractivity contribution in [3.05, 3.63) is 64.7 Å². The minimum Gasteiger partial charge on any atom is -0.497 e. The van der Waals surface area contributed by atoms with Crippen LogP contribution < -0.4 is 15.4 Å². The molecule has 2 N–H and O–H groups in total. The van der Waals surface area contributed by atoms with Gasteiger partial charge in [-0.25, -0.2) is 4.79 Å². The topological polar surface area (TPSA) is 87.7 Å². The van der Waals surface area contributed by atoms with Gasteiger partial charge >= 0.3 is 6.03 Å². The molecule has 1 fully saturated rings. The SMILES string of the molecule is COc1ccc2c(c1)C(=O)N(C[C@@]1(c3ccc(C)cc3)NC(=O)NC1=O)C2. The van der Waals surface area contributed by atoms with Gasteiger partial charge in [0, 0.05) is 12.1 Å². The zero-order chi connectivity index (χ0) is 19.2. The Bertz CT molecular complexity index is 954. The van der Waals surface area contributed by atoms with Gasteiger partial charge in [-0.15, -0.1) is 0 Å². The lowest BCUT2D eigenvalue weighted by atomic mass is 9.88. The van der Waals surface area contributed by atoms with Gasteiger partial charge in [-0.1, -0.05) is 35.9 Å². The van der Waals surface area contributed by atoms with Crippen molar-refractivity contribution in [3.8, 4) is 5.75 Å². The summed E-state index contributed by atoms with van der Waals surface area (Å²) in [4.78, 5) is 39.1. The fourth-order valence-corrected chi connectivity index (χ4v) is 3.62. The molecular formula is C20H19N3O4. The van der Waals surface area contributed by atoms with Crippen molar-refractivity contribution >= 4 is 17.8 Å². The number of carbonyl (C=O) groups excluding carboxylic acids is 3. The Balaban J connectivity index is 1.69. The lowest BCUT2D eigenvalue weighted by Crippen LogP contribution is -2.52. The lowest BCUT2D eigenvalue weighted by Gasteiger charge is -2.31. The van der Waals surface area contributed by atoms with E-state index >= 15 is 0 Å². The minimum absolute atomic E-state index is 0.0451. The van der Waals surface area contributed by atoms with Crippen LogP contribution in [0.3, 0.4) is 0 Å². The van der Waals surface area contributed by atoms with Crippen molar-refractivity contribution < 1.29 is 19.1 Å². The third-order valence-corrected chi connectivity index (χ3v) is 5.11. The summed E-state index contributed by atoms with van der Waals surface area (Å²) in [5.74, 6) is -0.0499. The van der Waals surface area contributed by atoms with E-state index in [1.807, 2.05) is 25.1 Å². The van der Waals surface area contributed by atoms with Gasteiger partial charge in [0.1, 0.15) is 5.75 Å². The standard InChI is InChI=1S/C20H19N3O4/c1-12-3-6-14(7-4-12)20(18(25)21-19(26)22-20)11-23-10-13-5-8-15(27-2)9-16(13)17(23)24/h3-9H,10-11H2,1-2H3,(H2,21,22,25,26)/t20-/m0/s1. The number of hydrogen-bond donors (Lipinski definition) is 2. The first-order chi connectivity index (χ1) is 12.9. The third kappa shape index (κ3) is 2.71. The van der Waals surface area contributed by atoms with Crippen LogP contribution in [0.4, 0.5) is 4.79 Å². The van der Waals surface area contributed by atoms with E-state index in [9.17, 15) is 14.4 Å². The highest BCUT2D eigenvalue weighted by molar-refractivity contribution is 6.08. The summed E-state index contributed by atoms with van der Waals surface area (Å²) in [6.07, 6.45) is 0. The summed E-state index contributed by atoms with van der Waals surface area (Å²) in [5, 5.41) is 5.03. The lowest BCUT2D eigenvalue weighted by molar-refractivity contribution is -0.124. The molecule has 27 heavy (non-hydrogen) atoms. The Kier molecular flexibility index (Phi) is 3.87. The van der Waals surface area contributed by atoms with E-state index in [0.717, 1.165) is 11.1 Å². The van der Waals surface area contributed by atoms with Gasteiger partial charge < -0.3 is 15.0 Å². The van der Waals surface area contributed by atoms with Crippen LogP contribution in [0.5, 0.6) is 5.75 Å². The van der Waals surface area contributed by atoms with E-state index in [-0.39, 0.29) is 12.5 Å². The maximum Gasteiger partial charge on any atom is 0.322 e. The third-order valence-electron chi connectivity index (χ3n) is 5.11. The molecule has 2 aromatic carbocycles. The maximum atomic E-state index is 12.9. The normalized spacial score (nSPS) is 21.1. The highest BCUT2D eigenvalue weighted by Crippen LogP contribution is 2.32. The van der Waals surface area contributed by atoms with Gasteiger partial charge in [0.25, 0.3) is 11.8 Å². The summed E-state index contributed by atoms with van der Waals surface area (Å²) in [6, 6.07) is 12.1. The summed E-state index contributed by atoms with van der Waals surface area (Å²) in [7, 11) is 1.55. The van der Waals surface area contributed by atoms with Crippen molar-refractivity contribution in [2.24, 2.45) is 0 Å². The summed E-state index contributed by atoms with van der Waals surface area (Å²) in [6.45, 7) is 2.36. The Morgan fingerprint density at radius 1 is 1.11 bits per heavy atom. The first-order valence-electron chi connectivity index (χ1n) is 8.60. The van der Waals surface area contributed by atoms with Crippen LogP contribution in [0.1, 0.15) is 27.0 Å². The number of aryl methyl sites for hydroxylation is 1. The second-order valence-electron chi connectivity index (χ2n) is 6.86. The van der Waals surface area contributed by atoms with Crippen LogP contribution in [0.2, 0.25) is 0 Å². The molecule has 0 aliphatic carbocycles. The summed E-state index contributed by atoms with van der Waals surface area (Å²) >= 11 is 0. The fraction of sp³-hybridized carbons (Fsp3) is 0.250. The molecule has 2 heterocycles. The molecule has 0 bridgehead atoms. The predicted molar refractivity (Wildman–Crippen MR) is 97.3 cm³/mol. The number of hydrogen-bond acceptors (Lipinski definition) is 4. The molecule has 2 aliphatic heterocycles. The Morgan fingerprint density at radius 3 is 2.48 bits per heavy atom. The second kappa shape index (κ2) is 6.12. The van der Waals surface area contributed by atoms with Crippen LogP contribution in [0.15, 0.2) is 42.5 Å². The van der Waals surface area contributed by atoms with Crippen LogP contribution >= 0.6 is 0 Å². The Morgan fingerprint density at radius 2 is 1.85 bits per heavy atom. The number of carbonyl (C=O) groups is 3. The van der Waals surface area contributed by atoms with E-state index in [0.29, 0.717) is 23.4 Å². The summed E-state index contributed by atoms with van der Waals surface area (Å²) < 4.78 is 5.20. The van der Waals surface area contributed by atoms with E-state index in [4.69, 9.17) is 4.74 Å². The van der Waals surface area contributed by atoms with Crippen LogP contribution in [0, 0.1) is 6.92 Å². The minimum atomic E-state index is -1.31. The van der Waals surface area contributed by atoms with Crippen molar-refractivity contribution in [3.63, 3.8) is 0 Å². The van der Waals surface area contributed by atoms with Gasteiger partial charge in [-0.3, -0.25) is 14.9 Å². The zero-order valence-electron chi connectivity index (χ0n) is 15.0. The molecule has 7 heteroatoms. The number of amides is 4. The largest absolute Gasteiger partial charge is 0.497 e. The number of ether oxygens (including phenoxy) is 1. The number of benzene rings is 2. The van der Waals surface area contributed by atoms with Gasteiger partial charge in [-0.2, -0.15) is 0 Å². The van der Waals surface area contributed by atoms with Crippen LogP contribution in [-0.2, 0) is 16.9 Å². The molecule has 0 aromatic heterocycles. The van der Waals surface area contributed by atoms with E-state index in [1.54, 1.807) is 36.3 Å². The predicted octanol–water partition coefficient (Wildman–Crippen LogP) is 1.69.